The third-order valence-corrected chi connectivity index (χ3v) is 4.72. The lowest BCUT2D eigenvalue weighted by Gasteiger charge is -2.10. The lowest BCUT2D eigenvalue weighted by Crippen LogP contribution is -2.04. The number of carbonyl (C=O) groups is 1. The van der Waals surface area contributed by atoms with Gasteiger partial charge in [-0.15, -0.1) is 0 Å². The smallest absolute Gasteiger partial charge is 0.193 e. The van der Waals surface area contributed by atoms with E-state index >= 15 is 0 Å². The number of aliphatic hydroxyl groups excluding tert-OH is 1. The molecule has 1 N–H and O–H groups in total. The molecule has 0 aliphatic heterocycles. The van der Waals surface area contributed by atoms with Crippen LogP contribution in [0.25, 0.3) is 17.0 Å². The number of pyridine rings is 2. The first kappa shape index (κ1) is 14.2. The molecular formula is C20H11FN2O2. The summed E-state index contributed by atoms with van der Waals surface area (Å²) in [4.78, 5) is 21.7. The van der Waals surface area contributed by atoms with E-state index in [0.717, 1.165) is 11.1 Å². The van der Waals surface area contributed by atoms with Crippen molar-refractivity contribution in [1.29, 1.82) is 0 Å². The Morgan fingerprint density at radius 2 is 1.56 bits per heavy atom. The van der Waals surface area contributed by atoms with Gasteiger partial charge in [-0.05, 0) is 29.8 Å². The molecule has 2 aliphatic carbocycles. The molecule has 1 atom stereocenters. The Morgan fingerprint density at radius 1 is 0.920 bits per heavy atom. The van der Waals surface area contributed by atoms with Crippen molar-refractivity contribution in [3.63, 3.8) is 0 Å². The molecule has 0 radical (unpaired) electrons. The van der Waals surface area contributed by atoms with E-state index in [1.807, 2.05) is 12.1 Å². The van der Waals surface area contributed by atoms with Gasteiger partial charge in [0.1, 0.15) is 11.9 Å². The molecule has 4 nitrogen and oxygen atoms in total. The number of benzene rings is 1. The summed E-state index contributed by atoms with van der Waals surface area (Å²) in [6, 6.07) is 11.2. The Kier molecular flexibility index (Phi) is 2.79. The van der Waals surface area contributed by atoms with Crippen LogP contribution in [0.1, 0.15) is 33.2 Å². The van der Waals surface area contributed by atoms with Gasteiger partial charge in [0.15, 0.2) is 5.78 Å². The zero-order chi connectivity index (χ0) is 17.1. The van der Waals surface area contributed by atoms with Crippen LogP contribution in [0.15, 0.2) is 60.4 Å². The highest BCUT2D eigenvalue weighted by atomic mass is 19.1. The minimum absolute atomic E-state index is 0.206. The van der Waals surface area contributed by atoms with Crippen molar-refractivity contribution < 1.29 is 14.3 Å². The normalized spacial score (nSPS) is 17.5. The molecule has 3 aromatic rings. The van der Waals surface area contributed by atoms with Crippen LogP contribution >= 0.6 is 0 Å². The number of nitrogens with zero attached hydrogens (tertiary/aromatic N) is 2. The average Bonchev–Trinajstić information content (AvgIpc) is 3.08. The molecule has 1 unspecified atom stereocenters. The molecule has 0 spiro atoms. The van der Waals surface area contributed by atoms with E-state index in [1.165, 1.54) is 18.2 Å². The monoisotopic (exact) mass is 330 g/mol. The van der Waals surface area contributed by atoms with Crippen molar-refractivity contribution in [1.82, 2.24) is 9.97 Å². The van der Waals surface area contributed by atoms with E-state index in [2.05, 4.69) is 9.97 Å². The summed E-state index contributed by atoms with van der Waals surface area (Å²) in [7, 11) is 0. The fourth-order valence-corrected chi connectivity index (χ4v) is 3.67. The number of halogens is 1. The second-order valence-electron chi connectivity index (χ2n) is 6.05. The number of hydrogen-bond acceptors (Lipinski definition) is 4. The first-order valence-electron chi connectivity index (χ1n) is 7.84. The van der Waals surface area contributed by atoms with Crippen molar-refractivity contribution in [3.05, 3.63) is 88.5 Å². The van der Waals surface area contributed by atoms with E-state index in [9.17, 15) is 14.3 Å². The molecule has 120 valence electrons. The number of fused-ring (bicyclic) bond motifs is 4. The minimum Gasteiger partial charge on any atom is -0.383 e. The van der Waals surface area contributed by atoms with Crippen molar-refractivity contribution >= 4 is 11.4 Å². The summed E-state index contributed by atoms with van der Waals surface area (Å²) in [5, 5.41) is 10.8. The number of aromatic nitrogens is 2. The molecule has 0 bridgehead atoms. The van der Waals surface area contributed by atoms with Crippen molar-refractivity contribution in [2.45, 2.75) is 6.10 Å². The van der Waals surface area contributed by atoms with Gasteiger partial charge >= 0.3 is 0 Å². The fraction of sp³-hybridized carbons (Fsp3) is 0.0500. The highest BCUT2D eigenvalue weighted by Gasteiger charge is 2.39. The van der Waals surface area contributed by atoms with Crippen LogP contribution in [-0.2, 0) is 0 Å². The second kappa shape index (κ2) is 4.91. The van der Waals surface area contributed by atoms with Crippen LogP contribution in [0, 0.1) is 5.82 Å². The molecule has 2 aromatic heterocycles. The van der Waals surface area contributed by atoms with Gasteiger partial charge in [-0.3, -0.25) is 14.8 Å². The number of hydrogen-bond donors (Lipinski definition) is 1. The van der Waals surface area contributed by atoms with Gasteiger partial charge < -0.3 is 5.11 Å². The molecule has 0 fully saturated rings. The maximum absolute atomic E-state index is 13.6. The Balaban J connectivity index is 1.85. The summed E-state index contributed by atoms with van der Waals surface area (Å²) in [6.45, 7) is 0. The Labute approximate surface area is 142 Å². The van der Waals surface area contributed by atoms with Crippen LogP contribution in [0.2, 0.25) is 0 Å². The highest BCUT2D eigenvalue weighted by molar-refractivity contribution is 6.21. The van der Waals surface area contributed by atoms with Crippen LogP contribution < -0.4 is 0 Å². The molecule has 0 amide bonds. The second-order valence-corrected chi connectivity index (χ2v) is 6.05. The fourth-order valence-electron chi connectivity index (χ4n) is 3.67. The van der Waals surface area contributed by atoms with Gasteiger partial charge in [0.2, 0.25) is 0 Å². The quantitative estimate of drug-likeness (QED) is 0.502. The van der Waals surface area contributed by atoms with Gasteiger partial charge in [-0.2, -0.15) is 0 Å². The maximum Gasteiger partial charge on any atom is 0.193 e. The van der Waals surface area contributed by atoms with Crippen molar-refractivity contribution in [3.8, 4) is 11.4 Å². The minimum atomic E-state index is -1.10. The standard InChI is InChI=1S/C20H11FN2O2/c21-10-5-6-11-14(9-10)20(25)16(19(11)24)15-12-3-1-7-22-17(12)18-13(15)4-2-8-23-18/h1-9,19,24H. The van der Waals surface area contributed by atoms with Crippen LogP contribution in [0.5, 0.6) is 0 Å². The van der Waals surface area contributed by atoms with E-state index in [4.69, 9.17) is 0 Å². The van der Waals surface area contributed by atoms with Gasteiger partial charge in [0, 0.05) is 40.2 Å². The SMILES string of the molecule is O=C1C(=C2c3cccnc3-c3ncccc32)C(O)c2ccc(F)cc21. The predicted molar refractivity (Wildman–Crippen MR) is 89.2 cm³/mol. The molecular weight excluding hydrogens is 319 g/mol. The predicted octanol–water partition coefficient (Wildman–Crippen LogP) is 3.33. The molecule has 0 saturated heterocycles. The third-order valence-electron chi connectivity index (χ3n) is 4.72. The van der Waals surface area contributed by atoms with Crippen molar-refractivity contribution in [2.75, 3.05) is 0 Å². The lowest BCUT2D eigenvalue weighted by atomic mass is 9.95. The largest absolute Gasteiger partial charge is 0.383 e. The van der Waals surface area contributed by atoms with Crippen LogP contribution in [0.3, 0.4) is 0 Å². The number of ketones is 1. The van der Waals surface area contributed by atoms with Gasteiger partial charge in [0.05, 0.1) is 11.4 Å². The van der Waals surface area contributed by atoms with Crippen molar-refractivity contribution in [2.24, 2.45) is 0 Å². The van der Waals surface area contributed by atoms with E-state index in [0.29, 0.717) is 22.5 Å². The first-order chi connectivity index (χ1) is 12.2. The molecule has 1 aromatic carbocycles. The van der Waals surface area contributed by atoms with Gasteiger partial charge in [0.25, 0.3) is 0 Å². The number of aliphatic hydroxyl groups is 1. The highest BCUT2D eigenvalue weighted by Crippen LogP contribution is 2.48. The summed E-state index contributed by atoms with van der Waals surface area (Å²) in [6.07, 6.45) is 2.24. The zero-order valence-electron chi connectivity index (χ0n) is 12.9. The Hall–Kier alpha value is -3.18. The lowest BCUT2D eigenvalue weighted by molar-refractivity contribution is 0.102. The summed E-state index contributed by atoms with van der Waals surface area (Å²) in [5.74, 6) is -0.857. The average molecular weight is 330 g/mol. The van der Waals surface area contributed by atoms with Gasteiger partial charge in [-0.1, -0.05) is 18.2 Å². The molecule has 25 heavy (non-hydrogen) atoms. The zero-order valence-corrected chi connectivity index (χ0v) is 12.9. The van der Waals surface area contributed by atoms with E-state index in [1.54, 1.807) is 24.5 Å². The molecule has 2 aliphatic rings. The topological polar surface area (TPSA) is 63.1 Å². The molecule has 2 heterocycles. The molecule has 0 saturated carbocycles. The number of carbonyl (C=O) groups excluding carboxylic acids is 1. The first-order valence-corrected chi connectivity index (χ1v) is 7.84. The van der Waals surface area contributed by atoms with Gasteiger partial charge in [-0.25, -0.2) is 4.39 Å². The van der Waals surface area contributed by atoms with Crippen LogP contribution in [-0.4, -0.2) is 20.9 Å². The number of rotatable bonds is 0. The number of Topliss-reactive ketones (excluding diaryl/α,β-unsaturated/α-hetero) is 1. The maximum atomic E-state index is 13.6. The molecule has 5 rings (SSSR count). The summed E-state index contributed by atoms with van der Waals surface area (Å²) >= 11 is 0. The third kappa shape index (κ3) is 1.81. The van der Waals surface area contributed by atoms with E-state index < -0.39 is 11.9 Å². The summed E-state index contributed by atoms with van der Waals surface area (Å²) < 4.78 is 13.6. The van der Waals surface area contributed by atoms with E-state index in [-0.39, 0.29) is 16.9 Å². The van der Waals surface area contributed by atoms with Crippen LogP contribution in [0.4, 0.5) is 4.39 Å². The Bertz CT molecular complexity index is 1060. The molecule has 5 heteroatoms. The summed E-state index contributed by atoms with van der Waals surface area (Å²) in [5.41, 5.74) is 4.39. The Morgan fingerprint density at radius 3 is 2.20 bits per heavy atom.